The molecule has 0 radical (unpaired) electrons. The van der Waals surface area contributed by atoms with Crippen molar-refractivity contribution < 1.29 is 9.53 Å². The van der Waals surface area contributed by atoms with Gasteiger partial charge in [0.2, 0.25) is 5.91 Å². The lowest BCUT2D eigenvalue weighted by atomic mass is 10.0. The van der Waals surface area contributed by atoms with Crippen molar-refractivity contribution in [2.75, 3.05) is 26.3 Å². The third kappa shape index (κ3) is 8.68. The van der Waals surface area contributed by atoms with E-state index < -0.39 is 0 Å². The number of hydrogen-bond acceptors (Lipinski definition) is 3. The van der Waals surface area contributed by atoms with Gasteiger partial charge in [0.05, 0.1) is 6.61 Å². The van der Waals surface area contributed by atoms with Crippen molar-refractivity contribution in [1.82, 2.24) is 5.32 Å². The molecular formula is C12H26N2O2. The van der Waals surface area contributed by atoms with Crippen molar-refractivity contribution in [2.24, 2.45) is 11.7 Å². The molecule has 4 heteroatoms. The van der Waals surface area contributed by atoms with Gasteiger partial charge in [-0.25, -0.2) is 0 Å². The van der Waals surface area contributed by atoms with Crippen LogP contribution in [0.3, 0.4) is 0 Å². The van der Waals surface area contributed by atoms with Crippen molar-refractivity contribution in [3.8, 4) is 0 Å². The van der Waals surface area contributed by atoms with E-state index in [-0.39, 0.29) is 5.91 Å². The monoisotopic (exact) mass is 230 g/mol. The average molecular weight is 230 g/mol. The lowest BCUT2D eigenvalue weighted by molar-refractivity contribution is -0.122. The van der Waals surface area contributed by atoms with Gasteiger partial charge >= 0.3 is 0 Å². The minimum absolute atomic E-state index is 0.0800. The van der Waals surface area contributed by atoms with Crippen LogP contribution < -0.4 is 11.1 Å². The van der Waals surface area contributed by atoms with Gasteiger partial charge in [-0.1, -0.05) is 26.7 Å². The van der Waals surface area contributed by atoms with E-state index in [1.165, 1.54) is 0 Å². The van der Waals surface area contributed by atoms with Gasteiger partial charge in [-0.2, -0.15) is 0 Å². The van der Waals surface area contributed by atoms with Crippen LogP contribution in [0.15, 0.2) is 0 Å². The normalized spacial score (nSPS) is 12.4. The molecule has 0 saturated carbocycles. The first-order valence-electron chi connectivity index (χ1n) is 6.29. The highest BCUT2D eigenvalue weighted by atomic mass is 16.5. The van der Waals surface area contributed by atoms with Gasteiger partial charge in [0.1, 0.15) is 0 Å². The van der Waals surface area contributed by atoms with Crippen LogP contribution in [0.1, 0.15) is 39.5 Å². The first-order valence-corrected chi connectivity index (χ1v) is 6.29. The van der Waals surface area contributed by atoms with Crippen LogP contribution in [-0.4, -0.2) is 32.2 Å². The zero-order valence-corrected chi connectivity index (χ0v) is 10.6. The molecule has 0 spiro atoms. The summed E-state index contributed by atoms with van der Waals surface area (Å²) in [5, 5.41) is 2.84. The number of nitrogens with one attached hydrogen (secondary N) is 1. The van der Waals surface area contributed by atoms with Crippen LogP contribution in [0.5, 0.6) is 0 Å². The Labute approximate surface area is 98.9 Å². The molecule has 0 saturated heterocycles. The molecule has 0 bridgehead atoms. The number of rotatable bonds is 10. The number of amides is 1. The molecule has 0 rings (SSSR count). The first-order chi connectivity index (χ1) is 7.74. The van der Waals surface area contributed by atoms with Crippen LogP contribution >= 0.6 is 0 Å². The first kappa shape index (κ1) is 15.4. The Hall–Kier alpha value is -0.610. The molecule has 0 fully saturated rings. The largest absolute Gasteiger partial charge is 0.380 e. The Kier molecular flexibility index (Phi) is 10.5. The quantitative estimate of drug-likeness (QED) is 0.556. The minimum atomic E-state index is 0.0800. The standard InChI is InChI=1S/C12H26N2O2/c1-3-5-7-16-8-6-14-12(15)9-11(4-2)10-13/h11H,3-10,13H2,1-2H3,(H,14,15). The van der Waals surface area contributed by atoms with Crippen LogP contribution in [0.2, 0.25) is 0 Å². The predicted molar refractivity (Wildman–Crippen MR) is 66.2 cm³/mol. The van der Waals surface area contributed by atoms with Crippen LogP contribution in [0, 0.1) is 5.92 Å². The third-order valence-corrected chi connectivity index (χ3v) is 2.60. The Morgan fingerprint density at radius 2 is 2.12 bits per heavy atom. The summed E-state index contributed by atoms with van der Waals surface area (Å²) in [7, 11) is 0. The fourth-order valence-corrected chi connectivity index (χ4v) is 1.34. The summed E-state index contributed by atoms with van der Waals surface area (Å²) < 4.78 is 5.34. The molecule has 0 aliphatic heterocycles. The molecule has 1 unspecified atom stereocenters. The highest BCUT2D eigenvalue weighted by Gasteiger charge is 2.09. The molecule has 0 aliphatic rings. The summed E-state index contributed by atoms with van der Waals surface area (Å²) in [4.78, 5) is 11.4. The van der Waals surface area contributed by atoms with Gasteiger partial charge in [0.25, 0.3) is 0 Å². The Balaban J connectivity index is 3.36. The smallest absolute Gasteiger partial charge is 0.220 e. The van der Waals surface area contributed by atoms with E-state index in [4.69, 9.17) is 10.5 Å². The molecular weight excluding hydrogens is 204 g/mol. The highest BCUT2D eigenvalue weighted by molar-refractivity contribution is 5.76. The van der Waals surface area contributed by atoms with Crippen molar-refractivity contribution in [1.29, 1.82) is 0 Å². The second-order valence-corrected chi connectivity index (χ2v) is 4.03. The van der Waals surface area contributed by atoms with Crippen LogP contribution in [0.25, 0.3) is 0 Å². The second kappa shape index (κ2) is 10.9. The number of nitrogens with two attached hydrogens (primary N) is 1. The zero-order chi connectivity index (χ0) is 12.2. The predicted octanol–water partition coefficient (Wildman–Crippen LogP) is 1.29. The topological polar surface area (TPSA) is 64.3 Å². The zero-order valence-electron chi connectivity index (χ0n) is 10.6. The molecule has 4 nitrogen and oxygen atoms in total. The molecule has 3 N–H and O–H groups in total. The van der Waals surface area contributed by atoms with E-state index in [0.717, 1.165) is 25.9 Å². The van der Waals surface area contributed by atoms with E-state index >= 15 is 0 Å². The van der Waals surface area contributed by atoms with Crippen LogP contribution in [0.4, 0.5) is 0 Å². The maximum atomic E-state index is 11.4. The number of unbranched alkanes of at least 4 members (excludes halogenated alkanes) is 1. The maximum Gasteiger partial charge on any atom is 0.220 e. The van der Waals surface area contributed by atoms with Crippen molar-refractivity contribution in [2.45, 2.75) is 39.5 Å². The van der Waals surface area contributed by atoms with Crippen LogP contribution in [-0.2, 0) is 9.53 Å². The summed E-state index contributed by atoms with van der Waals surface area (Å²) in [6.45, 7) is 6.75. The molecule has 16 heavy (non-hydrogen) atoms. The van der Waals surface area contributed by atoms with Gasteiger partial charge in [-0.3, -0.25) is 4.79 Å². The molecule has 96 valence electrons. The second-order valence-electron chi connectivity index (χ2n) is 4.03. The number of carbonyl (C=O) groups excluding carboxylic acids is 1. The molecule has 1 amide bonds. The van der Waals surface area contributed by atoms with Gasteiger partial charge in [-0.15, -0.1) is 0 Å². The number of hydrogen-bond donors (Lipinski definition) is 2. The lowest BCUT2D eigenvalue weighted by Crippen LogP contribution is -2.30. The van der Waals surface area contributed by atoms with E-state index in [0.29, 0.717) is 32.0 Å². The Bertz CT molecular complexity index is 170. The van der Waals surface area contributed by atoms with E-state index in [9.17, 15) is 4.79 Å². The SMILES string of the molecule is CCCCOCCNC(=O)CC(CC)CN. The fourth-order valence-electron chi connectivity index (χ4n) is 1.34. The van der Waals surface area contributed by atoms with Crippen molar-refractivity contribution in [3.05, 3.63) is 0 Å². The van der Waals surface area contributed by atoms with Gasteiger partial charge in [-0.05, 0) is 18.9 Å². The number of carbonyl (C=O) groups is 1. The molecule has 0 aromatic heterocycles. The lowest BCUT2D eigenvalue weighted by Gasteiger charge is -2.11. The van der Waals surface area contributed by atoms with Gasteiger partial charge in [0.15, 0.2) is 0 Å². The molecule has 0 heterocycles. The Morgan fingerprint density at radius 1 is 1.38 bits per heavy atom. The molecule has 0 aromatic carbocycles. The molecule has 1 atom stereocenters. The van der Waals surface area contributed by atoms with E-state index in [1.54, 1.807) is 0 Å². The fraction of sp³-hybridized carbons (Fsp3) is 0.917. The minimum Gasteiger partial charge on any atom is -0.380 e. The molecule has 0 aromatic rings. The van der Waals surface area contributed by atoms with E-state index in [2.05, 4.69) is 19.2 Å². The summed E-state index contributed by atoms with van der Waals surface area (Å²) in [6, 6.07) is 0. The highest BCUT2D eigenvalue weighted by Crippen LogP contribution is 2.04. The van der Waals surface area contributed by atoms with Gasteiger partial charge in [0, 0.05) is 19.6 Å². The summed E-state index contributed by atoms with van der Waals surface area (Å²) >= 11 is 0. The van der Waals surface area contributed by atoms with E-state index in [1.807, 2.05) is 0 Å². The average Bonchev–Trinajstić information content (AvgIpc) is 2.30. The summed E-state index contributed by atoms with van der Waals surface area (Å²) in [6.07, 6.45) is 3.71. The third-order valence-electron chi connectivity index (χ3n) is 2.60. The van der Waals surface area contributed by atoms with Gasteiger partial charge < -0.3 is 15.8 Å². The Morgan fingerprint density at radius 3 is 2.69 bits per heavy atom. The molecule has 0 aliphatic carbocycles. The number of ether oxygens (including phenoxy) is 1. The van der Waals surface area contributed by atoms with Crippen molar-refractivity contribution >= 4 is 5.91 Å². The summed E-state index contributed by atoms with van der Waals surface area (Å²) in [5.74, 6) is 0.386. The summed E-state index contributed by atoms with van der Waals surface area (Å²) in [5.41, 5.74) is 5.54. The van der Waals surface area contributed by atoms with Crippen molar-refractivity contribution in [3.63, 3.8) is 0 Å². The maximum absolute atomic E-state index is 11.4.